The maximum Gasteiger partial charge on any atom is 0.319 e. The third-order valence-electron chi connectivity index (χ3n) is 4.18. The molecule has 0 aromatic heterocycles. The van der Waals surface area contributed by atoms with Gasteiger partial charge in [-0.05, 0) is 38.0 Å². The zero-order valence-electron chi connectivity index (χ0n) is 11.0. The van der Waals surface area contributed by atoms with Gasteiger partial charge in [0.05, 0.1) is 0 Å². The van der Waals surface area contributed by atoms with E-state index in [2.05, 4.69) is 0 Å². The monoisotopic (exact) mass is 254 g/mol. The van der Waals surface area contributed by atoms with Crippen LogP contribution in [-0.4, -0.2) is 53.1 Å². The normalized spacial score (nSPS) is 24.5. The Hall–Kier alpha value is -1.26. The number of aliphatic carboxylic acids is 1. The summed E-state index contributed by atoms with van der Waals surface area (Å²) in [6.45, 7) is 1.37. The molecule has 1 heterocycles. The van der Waals surface area contributed by atoms with Crippen molar-refractivity contribution in [2.45, 2.75) is 44.6 Å². The van der Waals surface area contributed by atoms with Crippen molar-refractivity contribution in [2.75, 3.05) is 20.1 Å². The Morgan fingerprint density at radius 1 is 1.28 bits per heavy atom. The van der Waals surface area contributed by atoms with Gasteiger partial charge in [0.2, 0.25) is 0 Å². The van der Waals surface area contributed by atoms with E-state index in [-0.39, 0.29) is 18.4 Å². The van der Waals surface area contributed by atoms with Crippen LogP contribution in [0.5, 0.6) is 0 Å². The van der Waals surface area contributed by atoms with E-state index in [4.69, 9.17) is 5.11 Å². The van der Waals surface area contributed by atoms with Crippen LogP contribution in [0.25, 0.3) is 0 Å². The third kappa shape index (κ3) is 2.94. The van der Waals surface area contributed by atoms with E-state index in [1.54, 1.807) is 0 Å². The summed E-state index contributed by atoms with van der Waals surface area (Å²) >= 11 is 0. The first-order valence-electron chi connectivity index (χ1n) is 6.81. The highest BCUT2D eigenvalue weighted by Gasteiger charge is 2.31. The van der Waals surface area contributed by atoms with Crippen LogP contribution in [0.1, 0.15) is 38.5 Å². The Kier molecular flexibility index (Phi) is 4.09. The van der Waals surface area contributed by atoms with E-state index in [0.29, 0.717) is 12.6 Å². The lowest BCUT2D eigenvalue weighted by Crippen LogP contribution is -2.51. The molecule has 0 spiro atoms. The van der Waals surface area contributed by atoms with Crippen molar-refractivity contribution in [3.05, 3.63) is 0 Å². The maximum absolute atomic E-state index is 12.3. The fourth-order valence-corrected chi connectivity index (χ4v) is 2.81. The summed E-state index contributed by atoms with van der Waals surface area (Å²) in [5.74, 6) is -0.642. The van der Waals surface area contributed by atoms with Gasteiger partial charge in [0.25, 0.3) is 0 Å². The van der Waals surface area contributed by atoms with Gasteiger partial charge in [-0.2, -0.15) is 0 Å². The highest BCUT2D eigenvalue weighted by atomic mass is 16.4. The van der Waals surface area contributed by atoms with Gasteiger partial charge in [-0.15, -0.1) is 0 Å². The zero-order valence-corrected chi connectivity index (χ0v) is 11.0. The Bertz CT molecular complexity index is 328. The number of carbonyl (C=O) groups is 2. The summed E-state index contributed by atoms with van der Waals surface area (Å²) in [7, 11) is 1.87. The van der Waals surface area contributed by atoms with Crippen molar-refractivity contribution in [3.8, 4) is 0 Å². The second-order valence-electron chi connectivity index (χ2n) is 5.53. The van der Waals surface area contributed by atoms with Crippen LogP contribution in [0.3, 0.4) is 0 Å². The highest BCUT2D eigenvalue weighted by Crippen LogP contribution is 2.26. The quantitative estimate of drug-likeness (QED) is 0.835. The van der Waals surface area contributed by atoms with Gasteiger partial charge >= 0.3 is 12.0 Å². The summed E-state index contributed by atoms with van der Waals surface area (Å²) in [5.41, 5.74) is 0. The summed E-state index contributed by atoms with van der Waals surface area (Å²) in [6, 6.07) is 0.479. The number of hydrogen-bond donors (Lipinski definition) is 1. The second kappa shape index (κ2) is 5.59. The number of likely N-dealkylation sites (tertiary alicyclic amines) is 1. The molecule has 2 amide bonds. The number of rotatable bonds is 3. The number of carboxylic acids is 1. The molecule has 2 aliphatic rings. The minimum Gasteiger partial charge on any atom is -0.481 e. The first-order valence-corrected chi connectivity index (χ1v) is 6.81. The molecule has 2 fully saturated rings. The van der Waals surface area contributed by atoms with E-state index in [9.17, 15) is 9.59 Å². The Morgan fingerprint density at radius 2 is 2.00 bits per heavy atom. The molecule has 1 saturated heterocycles. The van der Waals surface area contributed by atoms with Gasteiger partial charge in [0.15, 0.2) is 0 Å². The zero-order chi connectivity index (χ0) is 13.1. The average Bonchev–Trinajstić information content (AvgIpc) is 2.25. The standard InChI is InChI=1S/C13H22N2O3/c1-14(11-5-2-6-11)13(18)15-7-3-4-10(9-15)8-12(16)17/h10-11H,2-9H2,1H3,(H,16,17). The van der Waals surface area contributed by atoms with Crippen molar-refractivity contribution in [2.24, 2.45) is 5.92 Å². The molecular formula is C13H22N2O3. The van der Waals surface area contributed by atoms with Crippen molar-refractivity contribution in [3.63, 3.8) is 0 Å². The van der Waals surface area contributed by atoms with Gasteiger partial charge in [0, 0.05) is 32.6 Å². The fourth-order valence-electron chi connectivity index (χ4n) is 2.81. The van der Waals surface area contributed by atoms with Crippen LogP contribution >= 0.6 is 0 Å². The summed E-state index contributed by atoms with van der Waals surface area (Å²) in [4.78, 5) is 26.7. The molecule has 0 aromatic rings. The summed E-state index contributed by atoms with van der Waals surface area (Å²) in [6.07, 6.45) is 5.44. The number of urea groups is 1. The lowest BCUT2D eigenvalue weighted by atomic mass is 9.91. The third-order valence-corrected chi connectivity index (χ3v) is 4.18. The first-order chi connectivity index (χ1) is 8.58. The van der Waals surface area contributed by atoms with E-state index < -0.39 is 5.97 Å². The number of piperidine rings is 1. The van der Waals surface area contributed by atoms with Crippen molar-refractivity contribution < 1.29 is 14.7 Å². The number of nitrogens with zero attached hydrogens (tertiary/aromatic N) is 2. The number of carbonyl (C=O) groups excluding carboxylic acids is 1. The van der Waals surface area contributed by atoms with Crippen LogP contribution in [0.4, 0.5) is 4.79 Å². The summed E-state index contributed by atoms with van der Waals surface area (Å²) in [5, 5.41) is 8.82. The van der Waals surface area contributed by atoms with Crippen LogP contribution in [0.2, 0.25) is 0 Å². The van der Waals surface area contributed by atoms with E-state index in [0.717, 1.165) is 32.2 Å². The molecule has 18 heavy (non-hydrogen) atoms. The molecule has 1 aliphatic carbocycles. The maximum atomic E-state index is 12.3. The molecule has 1 aliphatic heterocycles. The van der Waals surface area contributed by atoms with E-state index >= 15 is 0 Å². The molecule has 2 rings (SSSR count). The Morgan fingerprint density at radius 3 is 2.56 bits per heavy atom. The molecule has 1 atom stereocenters. The average molecular weight is 254 g/mol. The van der Waals surface area contributed by atoms with Crippen molar-refractivity contribution in [1.29, 1.82) is 0 Å². The van der Waals surface area contributed by atoms with Crippen molar-refractivity contribution in [1.82, 2.24) is 9.80 Å². The minimum absolute atomic E-state index is 0.0785. The Balaban J connectivity index is 1.87. The van der Waals surface area contributed by atoms with Gasteiger partial charge in [-0.3, -0.25) is 4.79 Å². The lowest BCUT2D eigenvalue weighted by molar-refractivity contribution is -0.138. The van der Waals surface area contributed by atoms with Crippen molar-refractivity contribution >= 4 is 12.0 Å². The molecule has 0 aromatic carbocycles. The molecular weight excluding hydrogens is 232 g/mol. The van der Waals surface area contributed by atoms with E-state index in [1.807, 2.05) is 16.8 Å². The van der Waals surface area contributed by atoms with Gasteiger partial charge in [-0.25, -0.2) is 4.79 Å². The fraction of sp³-hybridized carbons (Fsp3) is 0.846. The molecule has 1 saturated carbocycles. The van der Waals surface area contributed by atoms with Crippen LogP contribution in [-0.2, 0) is 4.79 Å². The first kappa shape index (κ1) is 13.2. The molecule has 0 radical (unpaired) electrons. The predicted octanol–water partition coefficient (Wildman–Crippen LogP) is 1.78. The smallest absolute Gasteiger partial charge is 0.319 e. The summed E-state index contributed by atoms with van der Waals surface area (Å²) < 4.78 is 0. The SMILES string of the molecule is CN(C(=O)N1CCCC(CC(=O)O)C1)C1CCC1. The van der Waals surface area contributed by atoms with Crippen LogP contribution in [0, 0.1) is 5.92 Å². The van der Waals surface area contributed by atoms with Crippen LogP contribution < -0.4 is 0 Å². The predicted molar refractivity (Wildman–Crippen MR) is 67.3 cm³/mol. The van der Waals surface area contributed by atoms with Gasteiger partial charge in [-0.1, -0.05) is 0 Å². The van der Waals surface area contributed by atoms with Gasteiger partial charge in [0.1, 0.15) is 0 Å². The molecule has 5 heteroatoms. The lowest BCUT2D eigenvalue weighted by Gasteiger charge is -2.40. The van der Waals surface area contributed by atoms with Crippen LogP contribution in [0.15, 0.2) is 0 Å². The van der Waals surface area contributed by atoms with Gasteiger partial charge < -0.3 is 14.9 Å². The molecule has 5 nitrogen and oxygen atoms in total. The number of amides is 2. The largest absolute Gasteiger partial charge is 0.481 e. The highest BCUT2D eigenvalue weighted by molar-refractivity contribution is 5.75. The Labute approximate surface area is 108 Å². The molecule has 1 N–H and O–H groups in total. The second-order valence-corrected chi connectivity index (χ2v) is 5.53. The number of carboxylic acid groups (broad SMARTS) is 1. The minimum atomic E-state index is -0.762. The van der Waals surface area contributed by atoms with E-state index in [1.165, 1.54) is 6.42 Å². The number of hydrogen-bond acceptors (Lipinski definition) is 2. The molecule has 1 unspecified atom stereocenters. The molecule has 102 valence electrons. The molecule has 0 bridgehead atoms. The topological polar surface area (TPSA) is 60.9 Å².